The number of hydrogen-bond donors (Lipinski definition) is 1. The molecule has 0 aliphatic carbocycles. The van der Waals surface area contributed by atoms with Crippen LogP contribution >= 0.6 is 0 Å². The number of para-hydroxylation sites is 1. The van der Waals surface area contributed by atoms with Crippen molar-refractivity contribution in [3.05, 3.63) is 35.5 Å². The van der Waals surface area contributed by atoms with Gasteiger partial charge in [0.15, 0.2) is 0 Å². The Labute approximate surface area is 120 Å². The lowest BCUT2D eigenvalue weighted by atomic mass is 9.90. The molecule has 1 atom stereocenters. The Morgan fingerprint density at radius 2 is 2.15 bits per heavy atom. The fourth-order valence-electron chi connectivity index (χ4n) is 3.85. The third-order valence-corrected chi connectivity index (χ3v) is 4.87. The molecule has 4 rings (SSSR count). The van der Waals surface area contributed by atoms with Crippen LogP contribution in [-0.2, 0) is 13.0 Å². The third-order valence-electron chi connectivity index (χ3n) is 4.87. The van der Waals surface area contributed by atoms with E-state index in [1.54, 1.807) is 0 Å². The van der Waals surface area contributed by atoms with Crippen LogP contribution in [0, 0.1) is 0 Å². The Balaban J connectivity index is 1.88. The van der Waals surface area contributed by atoms with E-state index in [1.807, 2.05) is 7.05 Å². The molecule has 0 radical (unpaired) electrons. The third kappa shape index (κ3) is 1.80. The van der Waals surface area contributed by atoms with Gasteiger partial charge >= 0.3 is 0 Å². The summed E-state index contributed by atoms with van der Waals surface area (Å²) in [4.78, 5) is 7.60. The van der Waals surface area contributed by atoms with Crippen molar-refractivity contribution in [3.63, 3.8) is 0 Å². The largest absolute Gasteiger partial charge is 0.387 e. The average Bonchev–Trinajstić information content (AvgIpc) is 2.50. The van der Waals surface area contributed by atoms with Crippen LogP contribution in [0.25, 0.3) is 10.9 Å². The second-order valence-electron chi connectivity index (χ2n) is 6.00. The molecule has 0 amide bonds. The van der Waals surface area contributed by atoms with Crippen molar-refractivity contribution in [1.82, 2.24) is 9.88 Å². The predicted molar refractivity (Wildman–Crippen MR) is 83.0 cm³/mol. The van der Waals surface area contributed by atoms with Crippen molar-refractivity contribution in [1.29, 1.82) is 0 Å². The lowest BCUT2D eigenvalue weighted by Gasteiger charge is -2.40. The first-order valence-electron chi connectivity index (χ1n) is 7.69. The van der Waals surface area contributed by atoms with Gasteiger partial charge in [-0.2, -0.15) is 0 Å². The number of nitrogens with zero attached hydrogens (tertiary/aromatic N) is 2. The van der Waals surface area contributed by atoms with E-state index in [9.17, 15) is 0 Å². The van der Waals surface area contributed by atoms with E-state index in [0.29, 0.717) is 0 Å². The van der Waals surface area contributed by atoms with Crippen LogP contribution < -0.4 is 5.32 Å². The zero-order chi connectivity index (χ0) is 13.5. The summed E-state index contributed by atoms with van der Waals surface area (Å²) in [5.41, 5.74) is 5.15. The molecule has 104 valence electrons. The molecular weight excluding hydrogens is 246 g/mol. The van der Waals surface area contributed by atoms with Gasteiger partial charge in [-0.3, -0.25) is 9.88 Å². The van der Waals surface area contributed by atoms with E-state index in [0.717, 1.165) is 24.5 Å². The van der Waals surface area contributed by atoms with E-state index in [1.165, 1.54) is 48.1 Å². The summed E-state index contributed by atoms with van der Waals surface area (Å²) >= 11 is 0. The topological polar surface area (TPSA) is 28.2 Å². The van der Waals surface area contributed by atoms with E-state index >= 15 is 0 Å². The second kappa shape index (κ2) is 4.74. The van der Waals surface area contributed by atoms with Gasteiger partial charge in [-0.05, 0) is 25.5 Å². The lowest BCUT2D eigenvalue weighted by Crippen LogP contribution is -2.44. The standard InChI is InChI=1S/C17H21N3/c1-18-17-13-7-2-3-8-15(13)19-16-10-12-6-4-5-9-20(12)11-14(16)17/h2-3,7-8,12H,4-6,9-11H2,1H3,(H,18,19). The maximum Gasteiger partial charge on any atom is 0.0726 e. The SMILES string of the molecule is CNc1c2c(nc3ccccc13)CC1CCCCN1C2. The van der Waals surface area contributed by atoms with Crippen molar-refractivity contribution in [2.24, 2.45) is 0 Å². The van der Waals surface area contributed by atoms with Crippen LogP contribution in [0.1, 0.15) is 30.5 Å². The highest BCUT2D eigenvalue weighted by Gasteiger charge is 2.30. The Morgan fingerprint density at radius 1 is 1.25 bits per heavy atom. The number of hydrogen-bond acceptors (Lipinski definition) is 3. The number of nitrogens with one attached hydrogen (secondary N) is 1. The molecular formula is C17H21N3. The summed E-state index contributed by atoms with van der Waals surface area (Å²) in [7, 11) is 2.03. The van der Waals surface area contributed by atoms with Gasteiger partial charge in [-0.25, -0.2) is 0 Å². The second-order valence-corrected chi connectivity index (χ2v) is 6.00. The summed E-state index contributed by atoms with van der Waals surface area (Å²) in [6.45, 7) is 2.31. The summed E-state index contributed by atoms with van der Waals surface area (Å²) in [5, 5.41) is 4.68. The fourth-order valence-corrected chi connectivity index (χ4v) is 3.85. The highest BCUT2D eigenvalue weighted by molar-refractivity contribution is 5.93. The number of rotatable bonds is 1. The first-order chi connectivity index (χ1) is 9.86. The lowest BCUT2D eigenvalue weighted by molar-refractivity contribution is 0.126. The van der Waals surface area contributed by atoms with E-state index < -0.39 is 0 Å². The van der Waals surface area contributed by atoms with Gasteiger partial charge in [0.25, 0.3) is 0 Å². The normalized spacial score (nSPS) is 22.4. The van der Waals surface area contributed by atoms with Crippen LogP contribution in [0.4, 0.5) is 5.69 Å². The van der Waals surface area contributed by atoms with Crippen LogP contribution in [0.5, 0.6) is 0 Å². The van der Waals surface area contributed by atoms with Gasteiger partial charge in [-0.1, -0.05) is 24.6 Å². The monoisotopic (exact) mass is 267 g/mol. The fraction of sp³-hybridized carbons (Fsp3) is 0.471. The minimum absolute atomic E-state index is 0.717. The molecule has 1 fully saturated rings. The zero-order valence-corrected chi connectivity index (χ0v) is 12.0. The van der Waals surface area contributed by atoms with Gasteiger partial charge in [-0.15, -0.1) is 0 Å². The molecule has 1 N–H and O–H groups in total. The highest BCUT2D eigenvalue weighted by atomic mass is 15.2. The molecule has 3 nitrogen and oxygen atoms in total. The van der Waals surface area contributed by atoms with Crippen LogP contribution in [0.2, 0.25) is 0 Å². The van der Waals surface area contributed by atoms with Crippen molar-refractivity contribution < 1.29 is 0 Å². The number of aromatic nitrogens is 1. The molecule has 0 saturated carbocycles. The summed E-state index contributed by atoms with van der Waals surface area (Å²) < 4.78 is 0. The first kappa shape index (κ1) is 12.2. The quantitative estimate of drug-likeness (QED) is 0.860. The van der Waals surface area contributed by atoms with E-state index in [2.05, 4.69) is 34.5 Å². The molecule has 3 heterocycles. The average molecular weight is 267 g/mol. The molecule has 20 heavy (non-hydrogen) atoms. The molecule has 1 aromatic carbocycles. The first-order valence-corrected chi connectivity index (χ1v) is 7.69. The number of pyridine rings is 1. The molecule has 1 aromatic heterocycles. The van der Waals surface area contributed by atoms with Crippen LogP contribution in [0.3, 0.4) is 0 Å². The Hall–Kier alpha value is -1.61. The predicted octanol–water partition coefficient (Wildman–Crippen LogP) is 3.19. The number of benzene rings is 1. The minimum Gasteiger partial charge on any atom is -0.387 e. The van der Waals surface area contributed by atoms with Crippen molar-refractivity contribution in [2.45, 2.75) is 38.3 Å². The Kier molecular flexibility index (Phi) is 2.88. The summed E-state index contributed by atoms with van der Waals surface area (Å²) in [5.74, 6) is 0. The maximum atomic E-state index is 4.95. The van der Waals surface area contributed by atoms with Gasteiger partial charge < -0.3 is 5.32 Å². The maximum absolute atomic E-state index is 4.95. The molecule has 0 bridgehead atoms. The van der Waals surface area contributed by atoms with E-state index in [-0.39, 0.29) is 0 Å². The van der Waals surface area contributed by atoms with Crippen molar-refractivity contribution >= 4 is 16.6 Å². The minimum atomic E-state index is 0.717. The molecule has 3 heteroatoms. The van der Waals surface area contributed by atoms with Crippen molar-refractivity contribution in [2.75, 3.05) is 18.9 Å². The Bertz CT molecular complexity index is 650. The molecule has 0 spiro atoms. The number of fused-ring (bicyclic) bond motifs is 3. The van der Waals surface area contributed by atoms with Gasteiger partial charge in [0.2, 0.25) is 0 Å². The molecule has 2 aliphatic rings. The van der Waals surface area contributed by atoms with Crippen molar-refractivity contribution in [3.8, 4) is 0 Å². The van der Waals surface area contributed by atoms with E-state index in [4.69, 9.17) is 4.98 Å². The Morgan fingerprint density at radius 3 is 3.05 bits per heavy atom. The highest BCUT2D eigenvalue weighted by Crippen LogP contribution is 2.35. The van der Waals surface area contributed by atoms with Gasteiger partial charge in [0, 0.05) is 48.4 Å². The van der Waals surface area contributed by atoms with Crippen LogP contribution in [-0.4, -0.2) is 29.5 Å². The smallest absolute Gasteiger partial charge is 0.0726 e. The van der Waals surface area contributed by atoms with Crippen LogP contribution in [0.15, 0.2) is 24.3 Å². The molecule has 1 unspecified atom stereocenters. The molecule has 1 saturated heterocycles. The summed E-state index contributed by atoms with van der Waals surface area (Å²) in [6, 6.07) is 9.20. The number of piperidine rings is 1. The van der Waals surface area contributed by atoms with Gasteiger partial charge in [0.05, 0.1) is 5.52 Å². The number of anilines is 1. The molecule has 2 aromatic rings. The molecule has 2 aliphatic heterocycles. The zero-order valence-electron chi connectivity index (χ0n) is 12.0. The van der Waals surface area contributed by atoms with Gasteiger partial charge in [0.1, 0.15) is 0 Å². The summed E-state index contributed by atoms with van der Waals surface area (Å²) in [6.07, 6.45) is 5.18.